The van der Waals surface area contributed by atoms with Gasteiger partial charge in [0.15, 0.2) is 0 Å². The number of para-hydroxylation sites is 1. The monoisotopic (exact) mass is 440 g/mol. The largest absolute Gasteiger partial charge is 0.497 e. The normalized spacial score (nSPS) is 16.2. The first kappa shape index (κ1) is 20.8. The van der Waals surface area contributed by atoms with E-state index < -0.39 is 18.1 Å². The number of nitrogens with zero attached hydrogens (tertiary/aromatic N) is 2. The Balaban J connectivity index is 1.87. The molecule has 1 aliphatic rings. The van der Waals surface area contributed by atoms with Crippen LogP contribution in [0.3, 0.4) is 0 Å². The molecule has 0 fully saturated rings. The number of carbonyl (C=O) groups is 2. The number of rotatable bonds is 5. The zero-order valence-corrected chi connectivity index (χ0v) is 18.6. The van der Waals surface area contributed by atoms with E-state index in [-0.39, 0.29) is 5.91 Å². The Morgan fingerprint density at radius 3 is 2.52 bits per heavy atom. The Bertz CT molecular complexity index is 1400. The number of ether oxygens (including phenoxy) is 1. The fraction of sp³-hybridized carbons (Fsp3) is 0.185. The van der Waals surface area contributed by atoms with Gasteiger partial charge >= 0.3 is 5.97 Å². The molecule has 1 aliphatic heterocycles. The third-order valence-electron chi connectivity index (χ3n) is 6.54. The summed E-state index contributed by atoms with van der Waals surface area (Å²) in [6, 6.07) is 21.7. The van der Waals surface area contributed by atoms with Crippen LogP contribution in [-0.4, -0.2) is 39.6 Å². The number of aromatic nitrogens is 1. The van der Waals surface area contributed by atoms with Crippen molar-refractivity contribution < 1.29 is 19.4 Å². The number of methoxy groups -OCH3 is 1. The Morgan fingerprint density at radius 2 is 1.76 bits per heavy atom. The van der Waals surface area contributed by atoms with Crippen molar-refractivity contribution in [2.75, 3.05) is 7.11 Å². The number of fused-ring (bicyclic) bond motifs is 2. The second-order valence-corrected chi connectivity index (χ2v) is 8.29. The predicted octanol–water partition coefficient (Wildman–Crippen LogP) is 4.87. The average Bonchev–Trinajstić information content (AvgIpc) is 3.29. The number of carboxylic acids is 1. The Kier molecular flexibility index (Phi) is 4.93. The lowest BCUT2D eigenvalue weighted by molar-refractivity contribution is -0.142. The van der Waals surface area contributed by atoms with E-state index in [0.717, 1.165) is 39.0 Å². The average molecular weight is 440 g/mol. The van der Waals surface area contributed by atoms with Gasteiger partial charge in [-0.05, 0) is 36.8 Å². The first-order valence-corrected chi connectivity index (χ1v) is 10.8. The van der Waals surface area contributed by atoms with Crippen LogP contribution in [0.25, 0.3) is 22.2 Å². The number of aryl methyl sites for hydroxylation is 1. The van der Waals surface area contributed by atoms with Crippen LogP contribution in [0.2, 0.25) is 0 Å². The molecule has 166 valence electrons. The van der Waals surface area contributed by atoms with Crippen molar-refractivity contribution in [1.29, 1.82) is 0 Å². The van der Waals surface area contributed by atoms with E-state index in [1.54, 1.807) is 20.1 Å². The molecular formula is C27H24N2O4. The smallest absolute Gasteiger partial charge is 0.326 e. The fourth-order valence-electron chi connectivity index (χ4n) is 4.97. The molecule has 0 saturated heterocycles. The molecule has 0 spiro atoms. The minimum absolute atomic E-state index is 0.268. The van der Waals surface area contributed by atoms with Gasteiger partial charge in [-0.2, -0.15) is 0 Å². The van der Waals surface area contributed by atoms with E-state index in [9.17, 15) is 14.7 Å². The van der Waals surface area contributed by atoms with Crippen LogP contribution in [0.5, 0.6) is 5.75 Å². The second kappa shape index (κ2) is 7.81. The van der Waals surface area contributed by atoms with Crippen LogP contribution < -0.4 is 4.74 Å². The summed E-state index contributed by atoms with van der Waals surface area (Å²) >= 11 is 0. The molecular weight excluding hydrogens is 416 g/mol. The molecule has 0 radical (unpaired) electrons. The van der Waals surface area contributed by atoms with Crippen LogP contribution in [-0.2, 0) is 11.8 Å². The maximum atomic E-state index is 13.5. The van der Waals surface area contributed by atoms with Crippen LogP contribution in [0.15, 0.2) is 72.8 Å². The quantitative estimate of drug-likeness (QED) is 0.481. The van der Waals surface area contributed by atoms with Crippen LogP contribution in [0, 0.1) is 0 Å². The van der Waals surface area contributed by atoms with E-state index in [4.69, 9.17) is 4.74 Å². The summed E-state index contributed by atoms with van der Waals surface area (Å²) in [4.78, 5) is 27.0. The van der Waals surface area contributed by atoms with Crippen molar-refractivity contribution in [2.45, 2.75) is 19.0 Å². The van der Waals surface area contributed by atoms with Crippen molar-refractivity contribution in [2.24, 2.45) is 7.05 Å². The van der Waals surface area contributed by atoms with Crippen molar-refractivity contribution in [1.82, 2.24) is 9.47 Å². The number of carbonyl (C=O) groups excluding carboxylic acids is 1. The van der Waals surface area contributed by atoms with Crippen molar-refractivity contribution in [3.05, 3.63) is 89.5 Å². The topological polar surface area (TPSA) is 71.8 Å². The van der Waals surface area contributed by atoms with Gasteiger partial charge in [0.25, 0.3) is 5.91 Å². The SMILES string of the molecule is COc1cccc(-c2c([C@H]3c4ccccc4C(=O)N3[C@H](C)C(=O)O)c3ccccc3n2C)c1. The van der Waals surface area contributed by atoms with Crippen molar-refractivity contribution in [3.8, 4) is 17.0 Å². The highest BCUT2D eigenvalue weighted by molar-refractivity contribution is 6.04. The summed E-state index contributed by atoms with van der Waals surface area (Å²) in [7, 11) is 3.62. The molecule has 2 heterocycles. The molecule has 4 aromatic rings. The van der Waals surface area contributed by atoms with E-state index in [0.29, 0.717) is 5.56 Å². The molecule has 0 unspecified atom stereocenters. The summed E-state index contributed by atoms with van der Waals surface area (Å²) in [5.74, 6) is -0.582. The van der Waals surface area contributed by atoms with E-state index in [1.807, 2.05) is 73.8 Å². The number of hydrogen-bond acceptors (Lipinski definition) is 3. The zero-order chi connectivity index (χ0) is 23.3. The maximum Gasteiger partial charge on any atom is 0.326 e. The van der Waals surface area contributed by atoms with Gasteiger partial charge < -0.3 is 19.3 Å². The van der Waals surface area contributed by atoms with Crippen LogP contribution >= 0.6 is 0 Å². The zero-order valence-electron chi connectivity index (χ0n) is 18.6. The molecule has 1 aromatic heterocycles. The highest BCUT2D eigenvalue weighted by atomic mass is 16.5. The first-order valence-electron chi connectivity index (χ1n) is 10.8. The summed E-state index contributed by atoms with van der Waals surface area (Å²) in [6.07, 6.45) is 0. The molecule has 6 heteroatoms. The third-order valence-corrected chi connectivity index (χ3v) is 6.54. The maximum absolute atomic E-state index is 13.5. The summed E-state index contributed by atoms with van der Waals surface area (Å²) in [5.41, 5.74) is 5.13. The second-order valence-electron chi connectivity index (χ2n) is 8.29. The highest BCUT2D eigenvalue weighted by Crippen LogP contribution is 2.47. The van der Waals surface area contributed by atoms with Gasteiger partial charge in [0.2, 0.25) is 0 Å². The minimum atomic E-state index is -1.04. The van der Waals surface area contributed by atoms with Gasteiger partial charge in [0, 0.05) is 34.6 Å². The first-order chi connectivity index (χ1) is 15.9. The van der Waals surface area contributed by atoms with Gasteiger partial charge in [0.05, 0.1) is 18.8 Å². The molecule has 1 N–H and O–H groups in total. The Hall–Kier alpha value is -4.06. The summed E-state index contributed by atoms with van der Waals surface area (Å²) < 4.78 is 7.57. The number of carboxylic acid groups (broad SMARTS) is 1. The predicted molar refractivity (Wildman–Crippen MR) is 126 cm³/mol. The molecule has 2 atom stereocenters. The summed E-state index contributed by atoms with van der Waals surface area (Å²) in [5, 5.41) is 10.8. The Labute approximate surface area is 191 Å². The van der Waals surface area contributed by atoms with Crippen molar-refractivity contribution >= 4 is 22.8 Å². The van der Waals surface area contributed by atoms with Crippen LogP contribution in [0.4, 0.5) is 0 Å². The molecule has 5 rings (SSSR count). The third kappa shape index (κ3) is 3.09. The van der Waals surface area contributed by atoms with E-state index >= 15 is 0 Å². The lowest BCUT2D eigenvalue weighted by Gasteiger charge is -2.30. The molecule has 6 nitrogen and oxygen atoms in total. The Morgan fingerprint density at radius 1 is 1.03 bits per heavy atom. The number of hydrogen-bond donors (Lipinski definition) is 1. The van der Waals surface area contributed by atoms with E-state index in [1.165, 1.54) is 4.90 Å². The number of amides is 1. The fourth-order valence-corrected chi connectivity index (χ4v) is 4.97. The van der Waals surface area contributed by atoms with Gasteiger partial charge in [-0.15, -0.1) is 0 Å². The molecule has 1 amide bonds. The molecule has 3 aromatic carbocycles. The van der Waals surface area contributed by atoms with Gasteiger partial charge in [-0.25, -0.2) is 4.79 Å². The highest BCUT2D eigenvalue weighted by Gasteiger charge is 2.44. The number of benzene rings is 3. The summed E-state index contributed by atoms with van der Waals surface area (Å²) in [6.45, 7) is 1.56. The van der Waals surface area contributed by atoms with Crippen LogP contribution in [0.1, 0.15) is 34.5 Å². The standard InChI is InChI=1S/C27H24N2O4/c1-16(27(31)32)29-25(19-11-4-5-12-20(19)26(29)30)23-21-13-6-7-14-22(21)28(2)24(23)17-9-8-10-18(15-17)33-3/h4-16,25H,1-3H3,(H,31,32)/t16-,25-/m1/s1. The molecule has 0 saturated carbocycles. The minimum Gasteiger partial charge on any atom is -0.497 e. The number of aliphatic carboxylic acids is 1. The van der Waals surface area contributed by atoms with Gasteiger partial charge in [-0.1, -0.05) is 48.5 Å². The van der Waals surface area contributed by atoms with E-state index in [2.05, 4.69) is 4.57 Å². The van der Waals surface area contributed by atoms with Gasteiger partial charge in [0.1, 0.15) is 11.8 Å². The lowest BCUT2D eigenvalue weighted by atomic mass is 9.92. The molecule has 0 bridgehead atoms. The molecule has 33 heavy (non-hydrogen) atoms. The van der Waals surface area contributed by atoms with Gasteiger partial charge in [-0.3, -0.25) is 4.79 Å². The molecule has 0 aliphatic carbocycles. The van der Waals surface area contributed by atoms with Crippen molar-refractivity contribution in [3.63, 3.8) is 0 Å². The lowest BCUT2D eigenvalue weighted by Crippen LogP contribution is -2.41.